The predicted molar refractivity (Wildman–Crippen MR) is 111 cm³/mol. The van der Waals surface area contributed by atoms with Gasteiger partial charge in [-0.2, -0.15) is 0 Å². The number of carbonyl (C=O) groups excluding carboxylic acids is 1. The van der Waals surface area contributed by atoms with E-state index in [0.717, 1.165) is 16.8 Å². The van der Waals surface area contributed by atoms with Crippen molar-refractivity contribution in [1.82, 2.24) is 9.88 Å². The van der Waals surface area contributed by atoms with Gasteiger partial charge in [-0.25, -0.2) is 22.2 Å². The summed E-state index contributed by atoms with van der Waals surface area (Å²) in [6.07, 6.45) is -0.133. The molecule has 10 heteroatoms. The number of piperazine rings is 1. The van der Waals surface area contributed by atoms with E-state index in [-0.39, 0.29) is 28.8 Å². The quantitative estimate of drug-likeness (QED) is 0.558. The second-order valence-corrected chi connectivity index (χ2v) is 10.1. The first kappa shape index (κ1) is 20.7. The monoisotopic (exact) mass is 451 g/mol. The van der Waals surface area contributed by atoms with Crippen molar-refractivity contribution in [3.8, 4) is 0 Å². The van der Waals surface area contributed by atoms with E-state index in [2.05, 4.69) is 4.98 Å². The van der Waals surface area contributed by atoms with E-state index in [1.807, 2.05) is 11.0 Å². The lowest BCUT2D eigenvalue weighted by Gasteiger charge is -2.34. The number of thiazole rings is 1. The van der Waals surface area contributed by atoms with Crippen LogP contribution in [0.1, 0.15) is 6.42 Å². The smallest absolute Gasteiger partial charge is 0.223 e. The molecule has 2 heterocycles. The van der Waals surface area contributed by atoms with E-state index < -0.39 is 15.7 Å². The zero-order chi connectivity index (χ0) is 21.3. The lowest BCUT2D eigenvalue weighted by Crippen LogP contribution is -2.49. The molecule has 0 N–H and O–H groups in total. The number of hydrogen-bond donors (Lipinski definition) is 0. The van der Waals surface area contributed by atoms with Crippen LogP contribution in [0, 0.1) is 11.6 Å². The van der Waals surface area contributed by atoms with Crippen molar-refractivity contribution in [3.63, 3.8) is 0 Å². The summed E-state index contributed by atoms with van der Waals surface area (Å²) >= 11 is 1.41. The topological polar surface area (TPSA) is 70.6 Å². The molecule has 0 atom stereocenters. The van der Waals surface area contributed by atoms with Crippen molar-refractivity contribution in [2.75, 3.05) is 36.8 Å². The molecule has 3 aromatic rings. The molecule has 2 aromatic carbocycles. The van der Waals surface area contributed by atoms with Crippen LogP contribution >= 0.6 is 11.3 Å². The molecule has 30 heavy (non-hydrogen) atoms. The summed E-state index contributed by atoms with van der Waals surface area (Å²) in [6.45, 7) is 1.96. The van der Waals surface area contributed by atoms with E-state index >= 15 is 0 Å². The number of rotatable bonds is 5. The molecule has 1 fully saturated rings. The Labute approximate surface area is 176 Å². The van der Waals surface area contributed by atoms with E-state index in [1.165, 1.54) is 29.5 Å². The molecule has 0 unspecified atom stereocenters. The number of carbonyl (C=O) groups is 1. The standard InChI is InChI=1S/C20H19F2N3O3S2/c21-14-4-6-15(7-5-14)30(27,28)13-8-18(26)24-9-11-25(12-10-24)20-23-19-16(22)2-1-3-17(19)29-20/h1-7H,8-13H2. The Hall–Kier alpha value is -2.59. The van der Waals surface area contributed by atoms with Crippen molar-refractivity contribution in [1.29, 1.82) is 0 Å². The number of aromatic nitrogens is 1. The number of halogens is 2. The number of sulfone groups is 1. The van der Waals surface area contributed by atoms with E-state index in [0.29, 0.717) is 36.8 Å². The van der Waals surface area contributed by atoms with E-state index in [4.69, 9.17) is 0 Å². The SMILES string of the molecule is O=C(CCS(=O)(=O)c1ccc(F)cc1)N1CCN(c2nc3c(F)cccc3s2)CC1. The number of benzene rings is 2. The number of anilines is 1. The third-order valence-electron chi connectivity index (χ3n) is 5.02. The fourth-order valence-corrected chi connectivity index (χ4v) is 5.59. The molecule has 0 radical (unpaired) electrons. The summed E-state index contributed by atoms with van der Waals surface area (Å²) in [5.41, 5.74) is 0.349. The summed E-state index contributed by atoms with van der Waals surface area (Å²) in [5, 5.41) is 0.709. The second-order valence-electron chi connectivity index (χ2n) is 6.97. The fraction of sp³-hybridized carbons (Fsp3) is 0.300. The van der Waals surface area contributed by atoms with Gasteiger partial charge in [-0.05, 0) is 36.4 Å². The maximum atomic E-state index is 13.9. The second kappa shape index (κ2) is 8.27. The summed E-state index contributed by atoms with van der Waals surface area (Å²) in [7, 11) is -3.65. The van der Waals surface area contributed by atoms with Crippen LogP contribution in [-0.4, -0.2) is 56.1 Å². The highest BCUT2D eigenvalue weighted by Crippen LogP contribution is 2.30. The average Bonchev–Trinajstić information content (AvgIpc) is 3.18. The van der Waals surface area contributed by atoms with E-state index in [1.54, 1.807) is 11.0 Å². The van der Waals surface area contributed by atoms with Gasteiger partial charge in [0.05, 0.1) is 15.3 Å². The fourth-order valence-electron chi connectivity index (χ4n) is 3.33. The Morgan fingerprint density at radius 3 is 2.40 bits per heavy atom. The minimum absolute atomic E-state index is 0.00425. The largest absolute Gasteiger partial charge is 0.345 e. The zero-order valence-electron chi connectivity index (χ0n) is 15.9. The number of fused-ring (bicyclic) bond motifs is 1. The molecule has 1 amide bonds. The third kappa shape index (κ3) is 4.29. The Morgan fingerprint density at radius 1 is 1.03 bits per heavy atom. The van der Waals surface area contributed by atoms with Crippen molar-refractivity contribution < 1.29 is 22.0 Å². The van der Waals surface area contributed by atoms with Crippen LogP contribution in [0.3, 0.4) is 0 Å². The molecule has 0 aliphatic carbocycles. The first-order valence-electron chi connectivity index (χ1n) is 9.39. The number of nitrogens with zero attached hydrogens (tertiary/aromatic N) is 3. The lowest BCUT2D eigenvalue weighted by molar-refractivity contribution is -0.131. The highest BCUT2D eigenvalue weighted by atomic mass is 32.2. The molecule has 1 saturated heterocycles. The molecular formula is C20H19F2N3O3S2. The zero-order valence-corrected chi connectivity index (χ0v) is 17.6. The van der Waals surface area contributed by atoms with Crippen molar-refractivity contribution in [3.05, 3.63) is 54.1 Å². The molecular weight excluding hydrogens is 432 g/mol. The van der Waals surface area contributed by atoms with Crippen LogP contribution in [0.5, 0.6) is 0 Å². The van der Waals surface area contributed by atoms with Gasteiger partial charge in [0.2, 0.25) is 5.91 Å². The van der Waals surface area contributed by atoms with Gasteiger partial charge in [0, 0.05) is 32.6 Å². The maximum absolute atomic E-state index is 13.9. The maximum Gasteiger partial charge on any atom is 0.223 e. The summed E-state index contributed by atoms with van der Waals surface area (Å²) in [6, 6.07) is 9.42. The van der Waals surface area contributed by atoms with Crippen LogP contribution in [-0.2, 0) is 14.6 Å². The van der Waals surface area contributed by atoms with Crippen LogP contribution < -0.4 is 4.90 Å². The molecule has 1 aliphatic rings. The van der Waals surface area contributed by atoms with Crippen LogP contribution in [0.4, 0.5) is 13.9 Å². The number of amides is 1. The molecule has 0 saturated carbocycles. The van der Waals surface area contributed by atoms with Gasteiger partial charge in [-0.3, -0.25) is 4.79 Å². The van der Waals surface area contributed by atoms with Crippen LogP contribution in [0.25, 0.3) is 10.2 Å². The molecule has 6 nitrogen and oxygen atoms in total. The normalized spacial score (nSPS) is 15.0. The summed E-state index contributed by atoms with van der Waals surface area (Å²) in [5.74, 6) is -1.44. The Morgan fingerprint density at radius 2 is 1.73 bits per heavy atom. The Bertz CT molecular complexity index is 1170. The van der Waals surface area contributed by atoms with Crippen LogP contribution in [0.2, 0.25) is 0 Å². The first-order chi connectivity index (χ1) is 14.3. The average molecular weight is 452 g/mol. The van der Waals surface area contributed by atoms with Gasteiger partial charge in [0.15, 0.2) is 15.0 Å². The summed E-state index contributed by atoms with van der Waals surface area (Å²) in [4.78, 5) is 20.5. The molecule has 0 bridgehead atoms. The number of para-hydroxylation sites is 1. The molecule has 1 aliphatic heterocycles. The van der Waals surface area contributed by atoms with Crippen LogP contribution in [0.15, 0.2) is 47.4 Å². The Kier molecular flexibility index (Phi) is 5.70. The third-order valence-corrected chi connectivity index (χ3v) is 7.83. The van der Waals surface area contributed by atoms with E-state index in [9.17, 15) is 22.0 Å². The molecule has 158 valence electrons. The molecule has 0 spiro atoms. The van der Waals surface area contributed by atoms with Crippen molar-refractivity contribution in [2.45, 2.75) is 11.3 Å². The van der Waals surface area contributed by atoms with Gasteiger partial charge < -0.3 is 9.80 Å². The molecule has 4 rings (SSSR count). The number of hydrogen-bond acceptors (Lipinski definition) is 6. The first-order valence-corrected chi connectivity index (χ1v) is 11.9. The minimum atomic E-state index is -3.65. The Balaban J connectivity index is 1.33. The van der Waals surface area contributed by atoms with Crippen molar-refractivity contribution >= 4 is 42.4 Å². The van der Waals surface area contributed by atoms with Gasteiger partial charge in [-0.15, -0.1) is 0 Å². The lowest BCUT2D eigenvalue weighted by atomic mass is 10.3. The highest BCUT2D eigenvalue weighted by molar-refractivity contribution is 7.91. The van der Waals surface area contributed by atoms with Gasteiger partial charge >= 0.3 is 0 Å². The predicted octanol–water partition coefficient (Wildman–Crippen LogP) is 3.09. The summed E-state index contributed by atoms with van der Waals surface area (Å²) < 4.78 is 52.3. The molecule has 1 aromatic heterocycles. The van der Waals surface area contributed by atoms with Crippen molar-refractivity contribution in [2.24, 2.45) is 0 Å². The van der Waals surface area contributed by atoms with Gasteiger partial charge in [0.25, 0.3) is 0 Å². The van der Waals surface area contributed by atoms with Gasteiger partial charge in [-0.1, -0.05) is 17.4 Å². The highest BCUT2D eigenvalue weighted by Gasteiger charge is 2.25. The minimum Gasteiger partial charge on any atom is -0.345 e. The van der Waals surface area contributed by atoms with Gasteiger partial charge in [0.1, 0.15) is 17.2 Å².